The largest absolute Gasteiger partial charge is 0.482 e. The number of rotatable bonds is 6. The summed E-state index contributed by atoms with van der Waals surface area (Å²) in [5, 5.41) is 2.81. The first-order valence-corrected chi connectivity index (χ1v) is 10.3. The molecule has 0 unspecified atom stereocenters. The van der Waals surface area contributed by atoms with Crippen molar-refractivity contribution in [1.29, 1.82) is 0 Å². The summed E-state index contributed by atoms with van der Waals surface area (Å²) in [5.74, 6) is -0.423. The van der Waals surface area contributed by atoms with E-state index in [4.69, 9.17) is 9.47 Å². The lowest BCUT2D eigenvalue weighted by Crippen LogP contribution is -2.38. The molecule has 3 aromatic carbocycles. The summed E-state index contributed by atoms with van der Waals surface area (Å²) in [6.45, 7) is 0.153. The van der Waals surface area contributed by atoms with Gasteiger partial charge in [0.1, 0.15) is 5.75 Å². The van der Waals surface area contributed by atoms with Gasteiger partial charge in [0.15, 0.2) is 6.61 Å². The Morgan fingerprint density at radius 3 is 2.67 bits per heavy atom. The zero-order valence-electron chi connectivity index (χ0n) is 18.0. The van der Waals surface area contributed by atoms with Crippen LogP contribution < -0.4 is 15.0 Å². The van der Waals surface area contributed by atoms with Crippen molar-refractivity contribution in [2.45, 2.75) is 6.54 Å². The fraction of sp³-hybridized carbons (Fsp3) is 0.115. The first-order chi connectivity index (χ1) is 16.0. The van der Waals surface area contributed by atoms with Crippen LogP contribution in [0.3, 0.4) is 0 Å². The van der Waals surface area contributed by atoms with E-state index in [0.717, 1.165) is 11.1 Å². The molecular formula is C26H22N2O5. The average molecular weight is 442 g/mol. The van der Waals surface area contributed by atoms with Gasteiger partial charge in [-0.3, -0.25) is 9.59 Å². The van der Waals surface area contributed by atoms with E-state index in [0.29, 0.717) is 22.7 Å². The first kappa shape index (κ1) is 21.8. The summed E-state index contributed by atoms with van der Waals surface area (Å²) in [4.78, 5) is 38.4. The highest BCUT2D eigenvalue weighted by Gasteiger charge is 2.26. The summed E-state index contributed by atoms with van der Waals surface area (Å²) in [5.41, 5.74) is 3.15. The number of carbonyl (C=O) groups excluding carboxylic acids is 3. The van der Waals surface area contributed by atoms with E-state index in [1.54, 1.807) is 47.4 Å². The van der Waals surface area contributed by atoms with Crippen molar-refractivity contribution in [2.24, 2.45) is 0 Å². The third-order valence-corrected chi connectivity index (χ3v) is 5.08. The molecule has 1 heterocycles. The summed E-state index contributed by atoms with van der Waals surface area (Å²) < 4.78 is 10.3. The molecule has 0 aromatic heterocycles. The van der Waals surface area contributed by atoms with Crippen molar-refractivity contribution in [3.8, 4) is 5.75 Å². The SMILES string of the molecule is COC(=O)c1cccc(CN2C(=O)COc3ccc(NC(=O)/C=C/c4ccccc4)cc32)c1. The van der Waals surface area contributed by atoms with Gasteiger partial charge in [0.05, 0.1) is 24.9 Å². The van der Waals surface area contributed by atoms with Crippen LogP contribution >= 0.6 is 0 Å². The number of amides is 2. The number of nitrogens with one attached hydrogen (secondary N) is 1. The number of methoxy groups -OCH3 is 1. The summed E-state index contributed by atoms with van der Waals surface area (Å²) >= 11 is 0. The van der Waals surface area contributed by atoms with Gasteiger partial charge in [0.2, 0.25) is 5.91 Å². The Balaban J connectivity index is 1.54. The molecule has 0 aliphatic carbocycles. The van der Waals surface area contributed by atoms with Crippen LogP contribution in [0.4, 0.5) is 11.4 Å². The van der Waals surface area contributed by atoms with Crippen LogP contribution in [-0.4, -0.2) is 31.5 Å². The molecule has 0 bridgehead atoms. The van der Waals surface area contributed by atoms with Crippen molar-refractivity contribution in [2.75, 3.05) is 23.9 Å². The third-order valence-electron chi connectivity index (χ3n) is 5.08. The maximum atomic E-state index is 12.6. The predicted octanol–water partition coefficient (Wildman–Crippen LogP) is 4.05. The molecular weight excluding hydrogens is 420 g/mol. The molecule has 0 fully saturated rings. The molecule has 1 aliphatic heterocycles. The standard InChI is InChI=1S/C26H22N2O5/c1-32-26(31)20-9-5-8-19(14-20)16-28-22-15-21(11-12-23(22)33-17-25(28)30)27-24(29)13-10-18-6-3-2-4-7-18/h2-15H,16-17H2,1H3,(H,27,29)/b13-10+. The number of carbonyl (C=O) groups is 3. The Morgan fingerprint density at radius 2 is 1.88 bits per heavy atom. The van der Waals surface area contributed by atoms with Crippen molar-refractivity contribution < 1.29 is 23.9 Å². The van der Waals surface area contributed by atoms with Crippen molar-refractivity contribution in [3.63, 3.8) is 0 Å². The van der Waals surface area contributed by atoms with Crippen LogP contribution in [0.1, 0.15) is 21.5 Å². The predicted molar refractivity (Wildman–Crippen MR) is 125 cm³/mol. The Hall–Kier alpha value is -4.39. The lowest BCUT2D eigenvalue weighted by Gasteiger charge is -2.30. The normalized spacial score (nSPS) is 12.8. The minimum atomic E-state index is -0.445. The second-order valence-corrected chi connectivity index (χ2v) is 7.38. The van der Waals surface area contributed by atoms with Gasteiger partial charge in [-0.2, -0.15) is 0 Å². The van der Waals surface area contributed by atoms with E-state index in [1.807, 2.05) is 36.4 Å². The Kier molecular flexibility index (Phi) is 6.50. The van der Waals surface area contributed by atoms with Gasteiger partial charge in [-0.1, -0.05) is 42.5 Å². The van der Waals surface area contributed by atoms with Crippen molar-refractivity contribution >= 4 is 35.2 Å². The molecule has 1 N–H and O–H groups in total. The van der Waals surface area contributed by atoms with Crippen LogP contribution in [0.5, 0.6) is 5.75 Å². The minimum Gasteiger partial charge on any atom is -0.482 e. The molecule has 0 atom stereocenters. The van der Waals surface area contributed by atoms with E-state index in [9.17, 15) is 14.4 Å². The summed E-state index contributed by atoms with van der Waals surface area (Å²) in [7, 11) is 1.32. The summed E-state index contributed by atoms with van der Waals surface area (Å²) in [6, 6.07) is 21.6. The maximum absolute atomic E-state index is 12.6. The Morgan fingerprint density at radius 1 is 1.06 bits per heavy atom. The molecule has 3 aromatic rings. The highest BCUT2D eigenvalue weighted by atomic mass is 16.5. The monoisotopic (exact) mass is 442 g/mol. The fourth-order valence-corrected chi connectivity index (χ4v) is 3.47. The molecule has 33 heavy (non-hydrogen) atoms. The van der Waals surface area contributed by atoms with Crippen LogP contribution in [0, 0.1) is 0 Å². The fourth-order valence-electron chi connectivity index (χ4n) is 3.47. The number of anilines is 2. The number of esters is 1. The second kappa shape index (κ2) is 9.82. The van der Waals surface area contributed by atoms with Gasteiger partial charge < -0.3 is 19.7 Å². The topological polar surface area (TPSA) is 84.9 Å². The van der Waals surface area contributed by atoms with Gasteiger partial charge >= 0.3 is 5.97 Å². The lowest BCUT2D eigenvalue weighted by atomic mass is 10.1. The van der Waals surface area contributed by atoms with Gasteiger partial charge in [-0.15, -0.1) is 0 Å². The number of nitrogens with zero attached hydrogens (tertiary/aromatic N) is 1. The average Bonchev–Trinajstić information content (AvgIpc) is 2.85. The van der Waals surface area contributed by atoms with E-state index in [1.165, 1.54) is 13.2 Å². The smallest absolute Gasteiger partial charge is 0.337 e. The van der Waals surface area contributed by atoms with Crippen LogP contribution in [0.15, 0.2) is 78.9 Å². The third kappa shape index (κ3) is 5.27. The molecule has 0 saturated carbocycles. The van der Waals surface area contributed by atoms with E-state index in [2.05, 4.69) is 5.32 Å². The summed E-state index contributed by atoms with van der Waals surface area (Å²) in [6.07, 6.45) is 3.17. The van der Waals surface area contributed by atoms with Gasteiger partial charge in [-0.05, 0) is 47.5 Å². The van der Waals surface area contributed by atoms with Crippen LogP contribution in [-0.2, 0) is 20.9 Å². The number of hydrogen-bond donors (Lipinski definition) is 1. The number of hydrogen-bond acceptors (Lipinski definition) is 5. The zero-order valence-corrected chi connectivity index (χ0v) is 18.0. The van der Waals surface area contributed by atoms with Crippen LogP contribution in [0.25, 0.3) is 6.08 Å². The quantitative estimate of drug-likeness (QED) is 0.460. The molecule has 0 radical (unpaired) electrons. The molecule has 4 rings (SSSR count). The van der Waals surface area contributed by atoms with E-state index < -0.39 is 5.97 Å². The van der Waals surface area contributed by atoms with Gasteiger partial charge in [-0.25, -0.2) is 4.79 Å². The Labute approximate surface area is 191 Å². The zero-order chi connectivity index (χ0) is 23.2. The molecule has 2 amide bonds. The lowest BCUT2D eigenvalue weighted by molar-refractivity contribution is -0.121. The molecule has 7 heteroatoms. The first-order valence-electron chi connectivity index (χ1n) is 10.3. The maximum Gasteiger partial charge on any atom is 0.337 e. The number of fused-ring (bicyclic) bond motifs is 1. The van der Waals surface area contributed by atoms with Gasteiger partial charge in [0.25, 0.3) is 5.91 Å². The number of benzene rings is 3. The second-order valence-electron chi connectivity index (χ2n) is 7.38. The van der Waals surface area contributed by atoms with Crippen LogP contribution in [0.2, 0.25) is 0 Å². The Bertz CT molecular complexity index is 1220. The highest BCUT2D eigenvalue weighted by Crippen LogP contribution is 2.35. The van der Waals surface area contributed by atoms with E-state index in [-0.39, 0.29) is 25.0 Å². The van der Waals surface area contributed by atoms with E-state index >= 15 is 0 Å². The minimum absolute atomic E-state index is 0.0881. The molecule has 166 valence electrons. The van der Waals surface area contributed by atoms with Gasteiger partial charge in [0, 0.05) is 11.8 Å². The van der Waals surface area contributed by atoms with Crippen molar-refractivity contribution in [1.82, 2.24) is 0 Å². The molecule has 0 spiro atoms. The molecule has 1 aliphatic rings. The molecule has 0 saturated heterocycles. The number of ether oxygens (including phenoxy) is 2. The van der Waals surface area contributed by atoms with Crippen molar-refractivity contribution in [3.05, 3.63) is 95.6 Å². The highest BCUT2D eigenvalue weighted by molar-refractivity contribution is 6.03. The molecule has 7 nitrogen and oxygen atoms in total.